The van der Waals surface area contributed by atoms with E-state index in [4.69, 9.17) is 4.74 Å². The van der Waals surface area contributed by atoms with Crippen molar-refractivity contribution in [2.24, 2.45) is 5.92 Å². The van der Waals surface area contributed by atoms with Crippen LogP contribution in [0.25, 0.3) is 0 Å². The van der Waals surface area contributed by atoms with E-state index < -0.39 is 48.1 Å². The SMILES string of the molecule is CCCCCCN(C(=O)C(NC(=O)OC(C)(C)C)C(C)C)C(C(=O)NCC(=O)OC)c1cccc(C)c1O. The highest BCUT2D eigenvalue weighted by Gasteiger charge is 2.38. The number of benzene rings is 1. The van der Waals surface area contributed by atoms with E-state index in [1.165, 1.54) is 12.0 Å². The van der Waals surface area contributed by atoms with Crippen molar-refractivity contribution in [2.45, 2.75) is 91.8 Å². The van der Waals surface area contributed by atoms with Crippen molar-refractivity contribution in [1.82, 2.24) is 15.5 Å². The van der Waals surface area contributed by atoms with Crippen LogP contribution in [0.4, 0.5) is 4.79 Å². The zero-order valence-electron chi connectivity index (χ0n) is 24.1. The summed E-state index contributed by atoms with van der Waals surface area (Å²) in [6.07, 6.45) is 2.60. The highest BCUT2D eigenvalue weighted by Crippen LogP contribution is 2.33. The van der Waals surface area contributed by atoms with Crippen LogP contribution in [0, 0.1) is 12.8 Å². The number of aryl methyl sites for hydroxylation is 1. The van der Waals surface area contributed by atoms with Gasteiger partial charge >= 0.3 is 12.1 Å². The van der Waals surface area contributed by atoms with Gasteiger partial charge in [0.05, 0.1) is 7.11 Å². The smallest absolute Gasteiger partial charge is 0.408 e. The van der Waals surface area contributed by atoms with Crippen LogP contribution < -0.4 is 10.6 Å². The first-order valence-electron chi connectivity index (χ1n) is 13.2. The van der Waals surface area contributed by atoms with Gasteiger partial charge in [-0.1, -0.05) is 58.2 Å². The number of unbranched alkanes of at least 4 members (excludes halogenated alkanes) is 3. The van der Waals surface area contributed by atoms with Gasteiger partial charge in [0.2, 0.25) is 11.8 Å². The third-order valence-electron chi connectivity index (χ3n) is 5.90. The summed E-state index contributed by atoms with van der Waals surface area (Å²) in [5, 5.41) is 16.1. The average molecular weight is 536 g/mol. The molecule has 0 heterocycles. The number of amides is 3. The maximum atomic E-state index is 14.1. The number of esters is 1. The molecular weight excluding hydrogens is 490 g/mol. The predicted octanol–water partition coefficient (Wildman–Crippen LogP) is 3.99. The molecule has 0 spiro atoms. The molecule has 214 valence electrons. The number of hydrogen-bond acceptors (Lipinski definition) is 7. The molecule has 38 heavy (non-hydrogen) atoms. The van der Waals surface area contributed by atoms with Gasteiger partial charge in [-0.2, -0.15) is 0 Å². The van der Waals surface area contributed by atoms with E-state index in [0.717, 1.165) is 19.3 Å². The molecule has 0 radical (unpaired) electrons. The number of aromatic hydroxyl groups is 1. The van der Waals surface area contributed by atoms with E-state index in [1.54, 1.807) is 59.7 Å². The number of para-hydroxylation sites is 1. The second-order valence-corrected chi connectivity index (χ2v) is 10.7. The maximum Gasteiger partial charge on any atom is 0.408 e. The summed E-state index contributed by atoms with van der Waals surface area (Å²) in [4.78, 5) is 53.3. The Balaban J connectivity index is 3.55. The number of phenols is 1. The molecule has 1 rings (SSSR count). The summed E-state index contributed by atoms with van der Waals surface area (Å²) in [5.74, 6) is -2.27. The highest BCUT2D eigenvalue weighted by molar-refractivity contribution is 5.93. The summed E-state index contributed by atoms with van der Waals surface area (Å²) in [6.45, 7) is 12.3. The minimum atomic E-state index is -1.25. The molecule has 0 aliphatic rings. The summed E-state index contributed by atoms with van der Waals surface area (Å²) in [6, 6.07) is 2.69. The van der Waals surface area contributed by atoms with Gasteiger partial charge in [-0.05, 0) is 45.6 Å². The zero-order valence-corrected chi connectivity index (χ0v) is 24.1. The van der Waals surface area contributed by atoms with Crippen molar-refractivity contribution in [3.05, 3.63) is 29.3 Å². The first kappa shape index (κ1) is 32.7. The molecule has 3 N–H and O–H groups in total. The molecule has 2 atom stereocenters. The zero-order chi connectivity index (χ0) is 29.0. The van der Waals surface area contributed by atoms with Gasteiger partial charge in [-0.3, -0.25) is 14.4 Å². The minimum Gasteiger partial charge on any atom is -0.507 e. The number of nitrogens with one attached hydrogen (secondary N) is 2. The van der Waals surface area contributed by atoms with E-state index in [0.29, 0.717) is 12.0 Å². The first-order chi connectivity index (χ1) is 17.7. The van der Waals surface area contributed by atoms with Gasteiger partial charge in [0.1, 0.15) is 30.0 Å². The first-order valence-corrected chi connectivity index (χ1v) is 13.2. The van der Waals surface area contributed by atoms with Crippen molar-refractivity contribution >= 4 is 23.9 Å². The number of hydrogen-bond donors (Lipinski definition) is 3. The molecule has 0 aliphatic heterocycles. The van der Waals surface area contributed by atoms with Crippen LogP contribution in [-0.2, 0) is 23.9 Å². The Morgan fingerprint density at radius 3 is 2.29 bits per heavy atom. The lowest BCUT2D eigenvalue weighted by Gasteiger charge is -2.36. The van der Waals surface area contributed by atoms with E-state index in [9.17, 15) is 24.3 Å². The van der Waals surface area contributed by atoms with Gasteiger partial charge in [-0.25, -0.2) is 4.79 Å². The number of alkyl carbamates (subject to hydrolysis) is 1. The molecule has 0 aromatic heterocycles. The summed E-state index contributed by atoms with van der Waals surface area (Å²) in [7, 11) is 1.21. The van der Waals surface area contributed by atoms with E-state index in [1.807, 2.05) is 0 Å². The van der Waals surface area contributed by atoms with Crippen LogP contribution in [0.3, 0.4) is 0 Å². The van der Waals surface area contributed by atoms with Gasteiger partial charge < -0.3 is 30.1 Å². The van der Waals surface area contributed by atoms with Crippen molar-refractivity contribution in [1.29, 1.82) is 0 Å². The summed E-state index contributed by atoms with van der Waals surface area (Å²) >= 11 is 0. The fourth-order valence-electron chi connectivity index (χ4n) is 3.88. The molecule has 1 aromatic rings. The van der Waals surface area contributed by atoms with Crippen LogP contribution in [0.15, 0.2) is 18.2 Å². The van der Waals surface area contributed by atoms with Crippen molar-refractivity contribution in [3.63, 3.8) is 0 Å². The summed E-state index contributed by atoms with van der Waals surface area (Å²) in [5.41, 5.74) is -0.0204. The normalized spacial score (nSPS) is 12.9. The van der Waals surface area contributed by atoms with Gasteiger partial charge in [0.15, 0.2) is 0 Å². The van der Waals surface area contributed by atoms with Crippen LogP contribution in [-0.4, -0.2) is 65.7 Å². The second-order valence-electron chi connectivity index (χ2n) is 10.7. The molecule has 3 amide bonds. The Morgan fingerprint density at radius 1 is 1.08 bits per heavy atom. The van der Waals surface area contributed by atoms with Crippen LogP contribution in [0.2, 0.25) is 0 Å². The lowest BCUT2D eigenvalue weighted by molar-refractivity contribution is -0.145. The predicted molar refractivity (Wildman–Crippen MR) is 144 cm³/mol. The number of carbonyl (C=O) groups excluding carboxylic acids is 4. The fraction of sp³-hybridized carbons (Fsp3) is 0.643. The quantitative estimate of drug-likeness (QED) is 0.257. The molecule has 1 aromatic carbocycles. The average Bonchev–Trinajstić information content (AvgIpc) is 2.83. The maximum absolute atomic E-state index is 14.1. The molecule has 2 unspecified atom stereocenters. The Kier molecular flexibility index (Phi) is 13.1. The van der Waals surface area contributed by atoms with Crippen LogP contribution >= 0.6 is 0 Å². The van der Waals surface area contributed by atoms with Gasteiger partial charge in [0, 0.05) is 12.1 Å². The monoisotopic (exact) mass is 535 g/mol. The third-order valence-corrected chi connectivity index (χ3v) is 5.90. The molecule has 0 saturated carbocycles. The number of carbonyl (C=O) groups is 4. The molecule has 0 fully saturated rings. The van der Waals surface area contributed by atoms with Crippen molar-refractivity contribution < 1.29 is 33.8 Å². The van der Waals surface area contributed by atoms with Crippen molar-refractivity contribution in [3.8, 4) is 5.75 Å². The largest absolute Gasteiger partial charge is 0.507 e. The Hall–Kier alpha value is -3.30. The second kappa shape index (κ2) is 15.2. The number of methoxy groups -OCH3 is 1. The molecule has 0 bridgehead atoms. The minimum absolute atomic E-state index is 0.127. The number of nitrogens with zero attached hydrogens (tertiary/aromatic N) is 1. The molecule has 0 saturated heterocycles. The molecule has 0 aliphatic carbocycles. The van der Waals surface area contributed by atoms with Gasteiger partial charge in [-0.15, -0.1) is 0 Å². The molecule has 10 nitrogen and oxygen atoms in total. The number of ether oxygens (including phenoxy) is 2. The number of rotatable bonds is 13. The number of phenolic OH excluding ortho intramolecular Hbond substituents is 1. The highest BCUT2D eigenvalue weighted by atomic mass is 16.6. The standard InChI is InChI=1S/C28H45N3O7/c1-9-10-11-12-16-31(26(35)22(18(2)3)30-27(36)38-28(5,6)7)23(25(34)29-17-21(32)37-8)20-15-13-14-19(4)24(20)33/h13-15,18,22-23,33H,9-12,16-17H2,1-8H3,(H,29,34)(H,30,36). The third kappa shape index (κ3) is 10.2. The van der Waals surface area contributed by atoms with Gasteiger partial charge in [0.25, 0.3) is 0 Å². The van der Waals surface area contributed by atoms with E-state index in [2.05, 4.69) is 22.3 Å². The summed E-state index contributed by atoms with van der Waals surface area (Å²) < 4.78 is 10.0. The Labute approximate surface area is 226 Å². The fourth-order valence-corrected chi connectivity index (χ4v) is 3.88. The lowest BCUT2D eigenvalue weighted by Crippen LogP contribution is -2.55. The molecule has 10 heteroatoms. The van der Waals surface area contributed by atoms with Crippen LogP contribution in [0.1, 0.15) is 84.4 Å². The topological polar surface area (TPSA) is 134 Å². The Morgan fingerprint density at radius 2 is 1.74 bits per heavy atom. The van der Waals surface area contributed by atoms with Crippen molar-refractivity contribution in [2.75, 3.05) is 20.2 Å². The van der Waals surface area contributed by atoms with E-state index >= 15 is 0 Å². The molecular formula is C28H45N3O7. The van der Waals surface area contributed by atoms with Crippen LogP contribution in [0.5, 0.6) is 5.75 Å². The van der Waals surface area contributed by atoms with E-state index in [-0.39, 0.29) is 23.8 Å². The lowest BCUT2D eigenvalue weighted by atomic mass is 9.96. The Bertz CT molecular complexity index is 956.